The molecular formula is C20H24N4O3. The summed E-state index contributed by atoms with van der Waals surface area (Å²) in [6, 6.07) is 4.03. The quantitative estimate of drug-likeness (QED) is 0.650. The Kier molecular flexibility index (Phi) is 5.41. The molecule has 0 fully saturated rings. The van der Waals surface area contributed by atoms with Crippen molar-refractivity contribution in [3.05, 3.63) is 53.0 Å². The summed E-state index contributed by atoms with van der Waals surface area (Å²) in [7, 11) is 1.80. The molecule has 1 atom stereocenters. The number of carbonyl (C=O) groups excluding carboxylic acids is 1. The molecule has 1 aromatic carbocycles. The largest absolute Gasteiger partial charge is 0.462 e. The van der Waals surface area contributed by atoms with Crippen LogP contribution in [0.4, 0.5) is 5.69 Å². The number of benzene rings is 1. The highest BCUT2D eigenvalue weighted by Gasteiger charge is 2.19. The fourth-order valence-corrected chi connectivity index (χ4v) is 3.14. The van der Waals surface area contributed by atoms with Gasteiger partial charge in [0.25, 0.3) is 0 Å². The summed E-state index contributed by atoms with van der Waals surface area (Å²) in [5.74, 6) is -0.440. The van der Waals surface area contributed by atoms with Gasteiger partial charge in [-0.1, -0.05) is 11.6 Å². The third-order valence-electron chi connectivity index (χ3n) is 4.38. The van der Waals surface area contributed by atoms with Crippen LogP contribution in [0.2, 0.25) is 0 Å². The van der Waals surface area contributed by atoms with Crippen molar-refractivity contribution in [2.75, 3.05) is 18.5 Å². The molecule has 2 aromatic heterocycles. The van der Waals surface area contributed by atoms with Gasteiger partial charge in [-0.3, -0.25) is 9.67 Å². The van der Waals surface area contributed by atoms with E-state index in [1.54, 1.807) is 31.0 Å². The molecule has 7 heteroatoms. The molecule has 7 nitrogen and oxygen atoms in total. The molecule has 0 bridgehead atoms. The second kappa shape index (κ2) is 7.75. The standard InChI is InChI=1S/C20H24N4O3/c1-5-27-20(26)16-9-21-18-13(3)6-12(2)7-15(18)19(16)22-10-17(25)14-8-23-24(4)11-14/h6-9,11,17,25H,5,10H2,1-4H3,(H,21,22). The Morgan fingerprint density at radius 2 is 2.11 bits per heavy atom. The number of nitrogens with one attached hydrogen (secondary N) is 1. The van der Waals surface area contributed by atoms with E-state index in [1.807, 2.05) is 26.0 Å². The number of ether oxygens (including phenoxy) is 1. The van der Waals surface area contributed by atoms with Gasteiger partial charge in [0.15, 0.2) is 0 Å². The molecule has 0 aliphatic rings. The first-order valence-electron chi connectivity index (χ1n) is 8.88. The second-order valence-electron chi connectivity index (χ2n) is 6.59. The number of carbonyl (C=O) groups is 1. The van der Waals surface area contributed by atoms with Crippen LogP contribution in [-0.2, 0) is 11.8 Å². The van der Waals surface area contributed by atoms with E-state index in [2.05, 4.69) is 15.4 Å². The second-order valence-corrected chi connectivity index (χ2v) is 6.59. The van der Waals surface area contributed by atoms with Crippen LogP contribution in [0, 0.1) is 13.8 Å². The topological polar surface area (TPSA) is 89.3 Å². The fourth-order valence-electron chi connectivity index (χ4n) is 3.14. The fraction of sp³-hybridized carbons (Fsp3) is 0.350. The van der Waals surface area contributed by atoms with Crippen LogP contribution in [0.5, 0.6) is 0 Å². The minimum Gasteiger partial charge on any atom is -0.462 e. The van der Waals surface area contributed by atoms with Gasteiger partial charge in [0, 0.05) is 36.9 Å². The maximum Gasteiger partial charge on any atom is 0.341 e. The van der Waals surface area contributed by atoms with Crippen molar-refractivity contribution in [1.82, 2.24) is 14.8 Å². The van der Waals surface area contributed by atoms with Crippen molar-refractivity contribution in [3.8, 4) is 0 Å². The van der Waals surface area contributed by atoms with E-state index in [1.165, 1.54) is 6.20 Å². The zero-order valence-corrected chi connectivity index (χ0v) is 16.0. The molecule has 0 radical (unpaired) electrons. The average molecular weight is 368 g/mol. The number of esters is 1. The van der Waals surface area contributed by atoms with Gasteiger partial charge < -0.3 is 15.2 Å². The Hall–Kier alpha value is -2.93. The lowest BCUT2D eigenvalue weighted by atomic mass is 10.0. The summed E-state index contributed by atoms with van der Waals surface area (Å²) in [6.45, 7) is 6.25. The van der Waals surface area contributed by atoms with Crippen molar-refractivity contribution < 1.29 is 14.6 Å². The van der Waals surface area contributed by atoms with E-state index >= 15 is 0 Å². The minimum atomic E-state index is -0.761. The number of nitrogens with zero attached hydrogens (tertiary/aromatic N) is 3. The van der Waals surface area contributed by atoms with Crippen LogP contribution in [0.3, 0.4) is 0 Å². The SMILES string of the molecule is CCOC(=O)c1cnc2c(C)cc(C)cc2c1NCC(O)c1cnn(C)c1. The summed E-state index contributed by atoms with van der Waals surface area (Å²) in [5, 5.41) is 18.6. The van der Waals surface area contributed by atoms with E-state index < -0.39 is 12.1 Å². The predicted molar refractivity (Wildman–Crippen MR) is 104 cm³/mol. The molecule has 0 amide bonds. The van der Waals surface area contributed by atoms with Gasteiger partial charge in [0.2, 0.25) is 0 Å². The van der Waals surface area contributed by atoms with Gasteiger partial charge in [-0.2, -0.15) is 5.10 Å². The monoisotopic (exact) mass is 368 g/mol. The van der Waals surface area contributed by atoms with Crippen LogP contribution in [-0.4, -0.2) is 39.0 Å². The highest BCUT2D eigenvalue weighted by atomic mass is 16.5. The summed E-state index contributed by atoms with van der Waals surface area (Å²) in [6.07, 6.45) is 4.15. The van der Waals surface area contributed by atoms with E-state index in [-0.39, 0.29) is 13.2 Å². The summed E-state index contributed by atoms with van der Waals surface area (Å²) in [4.78, 5) is 16.9. The molecule has 2 N–H and O–H groups in total. The van der Waals surface area contributed by atoms with E-state index in [9.17, 15) is 9.90 Å². The van der Waals surface area contributed by atoms with Crippen molar-refractivity contribution >= 4 is 22.6 Å². The molecule has 142 valence electrons. The number of hydrogen-bond donors (Lipinski definition) is 2. The van der Waals surface area contributed by atoms with Crippen LogP contribution in [0.15, 0.2) is 30.7 Å². The highest BCUT2D eigenvalue weighted by molar-refractivity contribution is 6.05. The lowest BCUT2D eigenvalue weighted by Crippen LogP contribution is -2.16. The van der Waals surface area contributed by atoms with Crippen LogP contribution in [0.1, 0.15) is 40.1 Å². The number of aryl methyl sites for hydroxylation is 3. The Morgan fingerprint density at radius 3 is 2.78 bits per heavy atom. The Labute approximate surface area is 158 Å². The Morgan fingerprint density at radius 1 is 1.33 bits per heavy atom. The van der Waals surface area contributed by atoms with Gasteiger partial charge in [0.05, 0.1) is 30.1 Å². The number of aliphatic hydroxyl groups excluding tert-OH is 1. The first-order valence-corrected chi connectivity index (χ1v) is 8.88. The molecule has 0 aliphatic carbocycles. The van der Waals surface area contributed by atoms with E-state index in [4.69, 9.17) is 4.74 Å². The van der Waals surface area contributed by atoms with Gasteiger partial charge in [-0.15, -0.1) is 0 Å². The maximum atomic E-state index is 12.4. The molecule has 3 rings (SSSR count). The van der Waals surface area contributed by atoms with Gasteiger partial charge in [-0.25, -0.2) is 4.79 Å². The average Bonchev–Trinajstić information content (AvgIpc) is 3.06. The molecule has 2 heterocycles. The third kappa shape index (κ3) is 3.93. The number of fused-ring (bicyclic) bond motifs is 1. The summed E-state index contributed by atoms with van der Waals surface area (Å²) >= 11 is 0. The number of hydrogen-bond acceptors (Lipinski definition) is 6. The van der Waals surface area contributed by atoms with Crippen molar-refractivity contribution in [3.63, 3.8) is 0 Å². The molecule has 0 saturated heterocycles. The lowest BCUT2D eigenvalue weighted by Gasteiger charge is -2.17. The summed E-state index contributed by atoms with van der Waals surface area (Å²) in [5.41, 5.74) is 4.58. The van der Waals surface area contributed by atoms with Gasteiger partial charge >= 0.3 is 5.97 Å². The Bertz CT molecular complexity index is 981. The van der Waals surface area contributed by atoms with Gasteiger partial charge in [-0.05, 0) is 32.4 Å². The van der Waals surface area contributed by atoms with Crippen molar-refractivity contribution in [2.45, 2.75) is 26.9 Å². The maximum absolute atomic E-state index is 12.4. The molecule has 27 heavy (non-hydrogen) atoms. The third-order valence-corrected chi connectivity index (χ3v) is 4.38. The van der Waals surface area contributed by atoms with Crippen LogP contribution >= 0.6 is 0 Å². The lowest BCUT2D eigenvalue weighted by molar-refractivity contribution is 0.0527. The molecule has 0 spiro atoms. The molecular weight excluding hydrogens is 344 g/mol. The van der Waals surface area contributed by atoms with E-state index in [0.717, 1.165) is 22.0 Å². The molecule has 0 aliphatic heterocycles. The zero-order chi connectivity index (χ0) is 19.6. The first-order chi connectivity index (χ1) is 12.9. The smallest absolute Gasteiger partial charge is 0.341 e. The van der Waals surface area contributed by atoms with Crippen molar-refractivity contribution in [2.24, 2.45) is 7.05 Å². The number of aromatic nitrogens is 3. The minimum absolute atomic E-state index is 0.226. The van der Waals surface area contributed by atoms with Crippen LogP contribution in [0.25, 0.3) is 10.9 Å². The van der Waals surface area contributed by atoms with E-state index in [0.29, 0.717) is 16.8 Å². The van der Waals surface area contributed by atoms with Crippen molar-refractivity contribution in [1.29, 1.82) is 0 Å². The molecule has 1 unspecified atom stereocenters. The predicted octanol–water partition coefficient (Wildman–Crippen LogP) is 2.91. The van der Waals surface area contributed by atoms with Crippen LogP contribution < -0.4 is 5.32 Å². The normalized spacial score (nSPS) is 12.2. The zero-order valence-electron chi connectivity index (χ0n) is 16.0. The molecule has 0 saturated carbocycles. The number of pyridine rings is 1. The highest BCUT2D eigenvalue weighted by Crippen LogP contribution is 2.30. The number of aliphatic hydroxyl groups is 1. The Balaban J connectivity index is 2.01. The van der Waals surface area contributed by atoms with Gasteiger partial charge in [0.1, 0.15) is 5.56 Å². The molecule has 3 aromatic rings. The number of rotatable bonds is 6. The first kappa shape index (κ1) is 18.8. The number of anilines is 1. The summed E-state index contributed by atoms with van der Waals surface area (Å²) < 4.78 is 6.81.